The van der Waals surface area contributed by atoms with E-state index in [4.69, 9.17) is 10.7 Å². The van der Waals surface area contributed by atoms with Gasteiger partial charge < -0.3 is 5.32 Å². The Kier molecular flexibility index (Phi) is 3.81. The highest BCUT2D eigenvalue weighted by Gasteiger charge is 2.42. The number of hydrogen-bond acceptors (Lipinski definition) is 4. The van der Waals surface area contributed by atoms with E-state index in [1.807, 2.05) is 0 Å². The third-order valence-corrected chi connectivity index (χ3v) is 7.57. The van der Waals surface area contributed by atoms with Gasteiger partial charge >= 0.3 is 0 Å². The average molecular weight is 334 g/mol. The van der Waals surface area contributed by atoms with Crippen LogP contribution in [-0.2, 0) is 20.4 Å². The highest BCUT2D eigenvalue weighted by molar-refractivity contribution is 8.15. The Morgan fingerprint density at radius 3 is 2.70 bits per heavy atom. The number of rotatable bonds is 4. The number of amides is 1. The van der Waals surface area contributed by atoms with Gasteiger partial charge in [0.1, 0.15) is 4.21 Å². The van der Waals surface area contributed by atoms with Gasteiger partial charge in [-0.05, 0) is 43.2 Å². The molecule has 3 unspecified atom stereocenters. The molecule has 3 rings (SSSR count). The summed E-state index contributed by atoms with van der Waals surface area (Å²) in [5, 5.41) is 2.92. The van der Waals surface area contributed by atoms with Crippen LogP contribution in [-0.4, -0.2) is 14.3 Å². The quantitative estimate of drug-likeness (QED) is 0.862. The second-order valence-electron chi connectivity index (χ2n) is 5.66. The normalized spacial score (nSPS) is 28.8. The minimum Gasteiger partial charge on any atom is -0.351 e. The molecular formula is C13H16ClNO3S2. The van der Waals surface area contributed by atoms with Crippen LogP contribution in [0.5, 0.6) is 0 Å². The molecule has 1 amide bonds. The largest absolute Gasteiger partial charge is 0.351 e. The molecule has 7 heteroatoms. The zero-order valence-corrected chi connectivity index (χ0v) is 13.2. The molecule has 3 atom stereocenters. The average Bonchev–Trinajstić information content (AvgIpc) is 3.10. The lowest BCUT2D eigenvalue weighted by Crippen LogP contribution is -2.33. The van der Waals surface area contributed by atoms with Crippen LogP contribution in [0.25, 0.3) is 0 Å². The van der Waals surface area contributed by atoms with Crippen LogP contribution in [0.15, 0.2) is 16.3 Å². The first kappa shape index (κ1) is 14.4. The van der Waals surface area contributed by atoms with Crippen LogP contribution in [0.4, 0.5) is 0 Å². The lowest BCUT2D eigenvalue weighted by molar-refractivity contribution is -0.126. The first-order chi connectivity index (χ1) is 9.43. The van der Waals surface area contributed by atoms with E-state index in [1.54, 1.807) is 6.07 Å². The second-order valence-corrected chi connectivity index (χ2v) is 9.62. The number of carbonyl (C=O) groups excluding carboxylic acids is 1. The third kappa shape index (κ3) is 2.87. The predicted octanol–water partition coefficient (Wildman–Crippen LogP) is 2.73. The molecule has 2 saturated carbocycles. The standard InChI is InChI=1S/C13H16ClNO3S2/c14-20(17,18)12-4-3-10(19-12)7-15-13(16)11-6-8-1-2-9(11)5-8/h3-4,8-9,11H,1-2,5-7H2,(H,15,16). The molecule has 0 radical (unpaired) electrons. The van der Waals surface area contributed by atoms with E-state index in [1.165, 1.54) is 25.3 Å². The molecule has 2 fully saturated rings. The van der Waals surface area contributed by atoms with Crippen LogP contribution >= 0.6 is 22.0 Å². The molecule has 0 aliphatic heterocycles. The Morgan fingerprint density at radius 1 is 1.35 bits per heavy atom. The summed E-state index contributed by atoms with van der Waals surface area (Å²) in [6.45, 7) is 0.379. The molecule has 2 aliphatic rings. The van der Waals surface area contributed by atoms with Gasteiger partial charge in [0.05, 0.1) is 6.54 Å². The van der Waals surface area contributed by atoms with Crippen molar-refractivity contribution in [2.24, 2.45) is 17.8 Å². The van der Waals surface area contributed by atoms with E-state index in [2.05, 4.69) is 5.32 Å². The van der Waals surface area contributed by atoms with Gasteiger partial charge in [-0.3, -0.25) is 4.79 Å². The lowest BCUT2D eigenvalue weighted by atomic mass is 9.88. The molecule has 1 heterocycles. The van der Waals surface area contributed by atoms with Gasteiger partial charge in [-0.15, -0.1) is 11.3 Å². The van der Waals surface area contributed by atoms with Gasteiger partial charge in [-0.2, -0.15) is 0 Å². The maximum atomic E-state index is 12.2. The minimum atomic E-state index is -3.67. The van der Waals surface area contributed by atoms with Gasteiger partial charge in [0.25, 0.3) is 9.05 Å². The molecule has 0 saturated heterocycles. The van der Waals surface area contributed by atoms with E-state index >= 15 is 0 Å². The van der Waals surface area contributed by atoms with Gasteiger partial charge in [-0.25, -0.2) is 8.42 Å². The first-order valence-corrected chi connectivity index (χ1v) is 9.87. The molecule has 0 aromatic carbocycles. The molecule has 0 spiro atoms. The van der Waals surface area contributed by atoms with Crippen molar-refractivity contribution >= 4 is 37.0 Å². The molecular weight excluding hydrogens is 318 g/mol. The Balaban J connectivity index is 1.57. The Labute approximate surface area is 126 Å². The van der Waals surface area contributed by atoms with Crippen molar-refractivity contribution in [2.75, 3.05) is 0 Å². The van der Waals surface area contributed by atoms with Crippen LogP contribution in [0.3, 0.4) is 0 Å². The Bertz CT molecular complexity index is 625. The van der Waals surface area contributed by atoms with Gasteiger partial charge in [0.2, 0.25) is 5.91 Å². The van der Waals surface area contributed by atoms with Crippen molar-refractivity contribution < 1.29 is 13.2 Å². The monoisotopic (exact) mass is 333 g/mol. The summed E-state index contributed by atoms with van der Waals surface area (Å²) in [6, 6.07) is 3.17. The number of nitrogens with one attached hydrogen (secondary N) is 1. The number of thiophene rings is 1. The molecule has 2 bridgehead atoms. The summed E-state index contributed by atoms with van der Waals surface area (Å²) >= 11 is 1.11. The molecule has 2 aliphatic carbocycles. The van der Waals surface area contributed by atoms with Crippen molar-refractivity contribution in [3.63, 3.8) is 0 Å². The van der Waals surface area contributed by atoms with E-state index < -0.39 is 9.05 Å². The number of halogens is 1. The SMILES string of the molecule is O=C(NCc1ccc(S(=O)(=O)Cl)s1)C1CC2CCC1C2. The van der Waals surface area contributed by atoms with E-state index in [0.717, 1.165) is 28.6 Å². The summed E-state index contributed by atoms with van der Waals surface area (Å²) in [7, 11) is 1.61. The van der Waals surface area contributed by atoms with Crippen molar-refractivity contribution in [1.82, 2.24) is 5.32 Å². The summed E-state index contributed by atoms with van der Waals surface area (Å²) in [5.41, 5.74) is 0. The Hall–Kier alpha value is -0.590. The maximum absolute atomic E-state index is 12.2. The highest BCUT2D eigenvalue weighted by atomic mass is 35.7. The fourth-order valence-corrected chi connectivity index (χ4v) is 5.52. The summed E-state index contributed by atoms with van der Waals surface area (Å²) < 4.78 is 22.5. The van der Waals surface area contributed by atoms with E-state index in [-0.39, 0.29) is 16.0 Å². The van der Waals surface area contributed by atoms with Crippen LogP contribution in [0, 0.1) is 17.8 Å². The fourth-order valence-electron chi connectivity index (χ4n) is 3.46. The first-order valence-electron chi connectivity index (χ1n) is 6.74. The minimum absolute atomic E-state index is 0.112. The number of carbonyl (C=O) groups is 1. The summed E-state index contributed by atoms with van der Waals surface area (Å²) in [6.07, 6.45) is 4.67. The third-order valence-electron chi connectivity index (χ3n) is 4.39. The Morgan fingerprint density at radius 2 is 2.15 bits per heavy atom. The van der Waals surface area contributed by atoms with Gasteiger partial charge in [0.15, 0.2) is 0 Å². The van der Waals surface area contributed by atoms with Crippen LogP contribution in [0.1, 0.15) is 30.6 Å². The van der Waals surface area contributed by atoms with E-state index in [0.29, 0.717) is 12.5 Å². The molecule has 1 aromatic heterocycles. The van der Waals surface area contributed by atoms with Crippen molar-refractivity contribution in [2.45, 2.75) is 36.4 Å². The molecule has 1 N–H and O–H groups in total. The lowest BCUT2D eigenvalue weighted by Gasteiger charge is -2.20. The molecule has 1 aromatic rings. The van der Waals surface area contributed by atoms with Gasteiger partial charge in [0, 0.05) is 21.5 Å². The zero-order valence-electron chi connectivity index (χ0n) is 10.8. The van der Waals surface area contributed by atoms with Crippen molar-refractivity contribution in [3.05, 3.63) is 17.0 Å². The van der Waals surface area contributed by atoms with Crippen LogP contribution < -0.4 is 5.32 Å². The predicted molar refractivity (Wildman–Crippen MR) is 78.1 cm³/mol. The summed E-state index contributed by atoms with van der Waals surface area (Å²) in [4.78, 5) is 13.0. The smallest absolute Gasteiger partial charge is 0.270 e. The van der Waals surface area contributed by atoms with Gasteiger partial charge in [-0.1, -0.05) is 6.42 Å². The maximum Gasteiger partial charge on any atom is 0.270 e. The number of hydrogen-bond donors (Lipinski definition) is 1. The second kappa shape index (κ2) is 5.31. The number of fused-ring (bicyclic) bond motifs is 2. The topological polar surface area (TPSA) is 63.2 Å². The zero-order chi connectivity index (χ0) is 14.3. The van der Waals surface area contributed by atoms with E-state index in [9.17, 15) is 13.2 Å². The highest BCUT2D eigenvalue weighted by Crippen LogP contribution is 2.48. The van der Waals surface area contributed by atoms with Crippen molar-refractivity contribution in [1.29, 1.82) is 0 Å². The molecule has 4 nitrogen and oxygen atoms in total. The summed E-state index contributed by atoms with van der Waals surface area (Å²) in [5.74, 6) is 1.57. The molecule has 110 valence electrons. The fraction of sp³-hybridized carbons (Fsp3) is 0.615. The van der Waals surface area contributed by atoms with Crippen molar-refractivity contribution in [3.8, 4) is 0 Å². The van der Waals surface area contributed by atoms with Crippen LogP contribution in [0.2, 0.25) is 0 Å². The molecule has 20 heavy (non-hydrogen) atoms.